The molecule has 2 aromatic rings. The summed E-state index contributed by atoms with van der Waals surface area (Å²) in [5.41, 5.74) is 3.10. The Hall–Kier alpha value is -1.74. The van der Waals surface area contributed by atoms with Gasteiger partial charge in [0.25, 0.3) is 0 Å². The summed E-state index contributed by atoms with van der Waals surface area (Å²) < 4.78 is 5.80. The molecule has 2 aromatic carbocycles. The van der Waals surface area contributed by atoms with Gasteiger partial charge in [-0.3, -0.25) is 4.79 Å². The van der Waals surface area contributed by atoms with Gasteiger partial charge < -0.3 is 4.74 Å². The van der Waals surface area contributed by atoms with Gasteiger partial charge in [-0.1, -0.05) is 30.3 Å². The summed E-state index contributed by atoms with van der Waals surface area (Å²) in [5.74, 6) is 1.82. The van der Waals surface area contributed by atoms with Gasteiger partial charge >= 0.3 is 0 Å². The van der Waals surface area contributed by atoms with Gasteiger partial charge in [-0.25, -0.2) is 0 Å². The molecule has 106 valence electrons. The van der Waals surface area contributed by atoms with Crippen LogP contribution in [0.2, 0.25) is 0 Å². The van der Waals surface area contributed by atoms with E-state index in [2.05, 4.69) is 18.2 Å². The van der Waals surface area contributed by atoms with Crippen molar-refractivity contribution in [2.24, 2.45) is 0 Å². The van der Waals surface area contributed by atoms with Crippen LogP contribution in [0.1, 0.15) is 33.8 Å². The summed E-state index contributed by atoms with van der Waals surface area (Å²) in [6, 6.07) is 14.2. The number of ketones is 1. The standard InChI is InChI=1S/C18H16O2S/c19-17(15-11-21-16-9-2-1-7-13(15)16)14-8-3-5-12-6-4-10-20-18(12)14/h1-3,5,7-9,15H,4,6,10-11H2. The van der Waals surface area contributed by atoms with Gasteiger partial charge in [0.1, 0.15) is 5.75 Å². The van der Waals surface area contributed by atoms with Crippen molar-refractivity contribution in [3.63, 3.8) is 0 Å². The minimum absolute atomic E-state index is 0.0387. The number of Topliss-reactive ketones (excluding diaryl/α,β-unsaturated/α-hetero) is 1. The van der Waals surface area contributed by atoms with E-state index in [1.807, 2.05) is 24.3 Å². The molecular weight excluding hydrogens is 280 g/mol. The number of benzene rings is 2. The van der Waals surface area contributed by atoms with Gasteiger partial charge in [0, 0.05) is 10.6 Å². The molecule has 21 heavy (non-hydrogen) atoms. The number of para-hydroxylation sites is 1. The fourth-order valence-electron chi connectivity index (χ4n) is 3.15. The molecule has 2 aliphatic rings. The highest BCUT2D eigenvalue weighted by Crippen LogP contribution is 2.42. The van der Waals surface area contributed by atoms with Crippen molar-refractivity contribution in [2.45, 2.75) is 23.7 Å². The first-order chi connectivity index (χ1) is 10.3. The average Bonchev–Trinajstić information content (AvgIpc) is 2.98. The number of ether oxygens (including phenoxy) is 1. The molecule has 2 aliphatic heterocycles. The van der Waals surface area contributed by atoms with Crippen LogP contribution in [0.4, 0.5) is 0 Å². The first kappa shape index (κ1) is 13.0. The van der Waals surface area contributed by atoms with Crippen LogP contribution in [-0.2, 0) is 6.42 Å². The van der Waals surface area contributed by atoms with Crippen molar-refractivity contribution in [1.29, 1.82) is 0 Å². The van der Waals surface area contributed by atoms with Crippen molar-refractivity contribution >= 4 is 17.5 Å². The summed E-state index contributed by atoms with van der Waals surface area (Å²) in [6.45, 7) is 0.716. The number of fused-ring (bicyclic) bond motifs is 2. The molecule has 0 aromatic heterocycles. The lowest BCUT2D eigenvalue weighted by Gasteiger charge is -2.21. The number of aryl methyl sites for hydroxylation is 1. The van der Waals surface area contributed by atoms with E-state index in [-0.39, 0.29) is 11.7 Å². The predicted octanol–water partition coefficient (Wildman–Crippen LogP) is 4.08. The highest BCUT2D eigenvalue weighted by atomic mass is 32.2. The minimum atomic E-state index is -0.0387. The molecule has 0 N–H and O–H groups in total. The van der Waals surface area contributed by atoms with E-state index in [4.69, 9.17) is 4.74 Å². The molecule has 0 spiro atoms. The van der Waals surface area contributed by atoms with Gasteiger partial charge in [-0.15, -0.1) is 11.8 Å². The summed E-state index contributed by atoms with van der Waals surface area (Å²) in [7, 11) is 0. The van der Waals surface area contributed by atoms with Crippen LogP contribution >= 0.6 is 11.8 Å². The summed E-state index contributed by atoms with van der Waals surface area (Å²) in [4.78, 5) is 14.2. The van der Waals surface area contributed by atoms with Crippen LogP contribution in [0.15, 0.2) is 47.4 Å². The zero-order chi connectivity index (χ0) is 14.2. The molecule has 2 nitrogen and oxygen atoms in total. The van der Waals surface area contributed by atoms with Crippen molar-refractivity contribution in [3.8, 4) is 5.75 Å². The lowest BCUT2D eigenvalue weighted by Crippen LogP contribution is -2.17. The van der Waals surface area contributed by atoms with E-state index in [0.717, 1.165) is 29.9 Å². The quantitative estimate of drug-likeness (QED) is 0.781. The lowest BCUT2D eigenvalue weighted by molar-refractivity contribution is 0.0963. The minimum Gasteiger partial charge on any atom is -0.493 e. The Morgan fingerprint density at radius 2 is 2.05 bits per heavy atom. The fraction of sp³-hybridized carbons (Fsp3) is 0.278. The lowest BCUT2D eigenvalue weighted by atomic mass is 9.90. The molecule has 0 fully saturated rings. The Morgan fingerprint density at radius 1 is 1.14 bits per heavy atom. The average molecular weight is 296 g/mol. The molecule has 4 rings (SSSR count). The van der Waals surface area contributed by atoms with Crippen LogP contribution in [0, 0.1) is 0 Å². The van der Waals surface area contributed by atoms with Gasteiger partial charge in [-0.2, -0.15) is 0 Å². The zero-order valence-electron chi connectivity index (χ0n) is 11.7. The van der Waals surface area contributed by atoms with Gasteiger partial charge in [0.05, 0.1) is 18.1 Å². The number of carbonyl (C=O) groups is 1. The zero-order valence-corrected chi connectivity index (χ0v) is 12.5. The van der Waals surface area contributed by atoms with E-state index < -0.39 is 0 Å². The number of hydrogen-bond acceptors (Lipinski definition) is 3. The maximum absolute atomic E-state index is 13.0. The first-order valence-electron chi connectivity index (χ1n) is 7.35. The molecule has 0 bridgehead atoms. The maximum Gasteiger partial charge on any atom is 0.174 e. The highest BCUT2D eigenvalue weighted by molar-refractivity contribution is 7.99. The second-order valence-corrected chi connectivity index (χ2v) is 6.57. The monoisotopic (exact) mass is 296 g/mol. The van der Waals surface area contributed by atoms with Crippen molar-refractivity contribution in [1.82, 2.24) is 0 Å². The number of carbonyl (C=O) groups excluding carboxylic acids is 1. The topological polar surface area (TPSA) is 26.3 Å². The normalized spacial score (nSPS) is 19.5. The van der Waals surface area contributed by atoms with Gasteiger partial charge in [-0.05, 0) is 36.1 Å². The van der Waals surface area contributed by atoms with E-state index in [0.29, 0.717) is 6.61 Å². The van der Waals surface area contributed by atoms with Crippen molar-refractivity contribution < 1.29 is 9.53 Å². The first-order valence-corrected chi connectivity index (χ1v) is 8.34. The maximum atomic E-state index is 13.0. The van der Waals surface area contributed by atoms with E-state index in [1.54, 1.807) is 11.8 Å². The van der Waals surface area contributed by atoms with Crippen LogP contribution in [0.5, 0.6) is 5.75 Å². The molecule has 3 heteroatoms. The Kier molecular flexibility index (Phi) is 3.23. The second kappa shape index (κ2) is 5.23. The van der Waals surface area contributed by atoms with Crippen LogP contribution < -0.4 is 4.74 Å². The van der Waals surface area contributed by atoms with Gasteiger partial charge in [0.2, 0.25) is 0 Å². The summed E-state index contributed by atoms with van der Waals surface area (Å²) in [6.07, 6.45) is 2.04. The molecule has 0 amide bonds. The van der Waals surface area contributed by atoms with E-state index in [1.165, 1.54) is 16.0 Å². The van der Waals surface area contributed by atoms with Crippen molar-refractivity contribution in [2.75, 3.05) is 12.4 Å². The summed E-state index contributed by atoms with van der Waals surface area (Å²) in [5, 5.41) is 0. The predicted molar refractivity (Wildman–Crippen MR) is 84.5 cm³/mol. The highest BCUT2D eigenvalue weighted by Gasteiger charge is 2.32. The van der Waals surface area contributed by atoms with Crippen LogP contribution in [0.3, 0.4) is 0 Å². The van der Waals surface area contributed by atoms with E-state index in [9.17, 15) is 4.79 Å². The molecule has 0 radical (unpaired) electrons. The summed E-state index contributed by atoms with van der Waals surface area (Å²) >= 11 is 1.77. The largest absolute Gasteiger partial charge is 0.493 e. The SMILES string of the molecule is O=C(c1cccc2c1OCCC2)C1CSc2ccccc21. The number of rotatable bonds is 2. The van der Waals surface area contributed by atoms with E-state index >= 15 is 0 Å². The Morgan fingerprint density at radius 3 is 3.00 bits per heavy atom. The van der Waals surface area contributed by atoms with Crippen LogP contribution in [0.25, 0.3) is 0 Å². The molecule has 0 saturated heterocycles. The third kappa shape index (κ3) is 2.16. The molecule has 2 heterocycles. The molecule has 0 aliphatic carbocycles. The molecule has 1 atom stereocenters. The van der Waals surface area contributed by atoms with Crippen LogP contribution in [-0.4, -0.2) is 18.1 Å². The van der Waals surface area contributed by atoms with Crippen molar-refractivity contribution in [3.05, 3.63) is 59.2 Å². The Labute approximate surface area is 128 Å². The Balaban J connectivity index is 1.74. The molecule has 0 saturated carbocycles. The number of hydrogen-bond donors (Lipinski definition) is 0. The smallest absolute Gasteiger partial charge is 0.174 e. The third-order valence-corrected chi connectivity index (χ3v) is 5.40. The van der Waals surface area contributed by atoms with Gasteiger partial charge in [0.15, 0.2) is 5.78 Å². The third-order valence-electron chi connectivity index (χ3n) is 4.22. The molecular formula is C18H16O2S. The number of thioether (sulfide) groups is 1. The second-order valence-electron chi connectivity index (χ2n) is 5.51. The fourth-order valence-corrected chi connectivity index (χ4v) is 4.38. The molecule has 1 unspecified atom stereocenters. The Bertz CT molecular complexity index is 708.